The summed E-state index contributed by atoms with van der Waals surface area (Å²) in [6.07, 6.45) is 9.19. The standard InChI is InChI=1S/C17H30/c1-6-9-13(7-2)16(12(4)5)17-10-14(8-3)15(17)11-17/h6,12-16H,1,7-11H2,2-5H3. The zero-order chi connectivity index (χ0) is 12.6. The minimum Gasteiger partial charge on any atom is -0.103 e. The van der Waals surface area contributed by atoms with Gasteiger partial charge in [-0.2, -0.15) is 0 Å². The van der Waals surface area contributed by atoms with E-state index in [2.05, 4.69) is 40.3 Å². The average molecular weight is 234 g/mol. The van der Waals surface area contributed by atoms with Gasteiger partial charge in [0.1, 0.15) is 0 Å². The van der Waals surface area contributed by atoms with Gasteiger partial charge >= 0.3 is 0 Å². The fourth-order valence-corrected chi connectivity index (χ4v) is 5.10. The Hall–Kier alpha value is -0.260. The molecule has 98 valence electrons. The second-order valence-electron chi connectivity index (χ2n) is 6.88. The van der Waals surface area contributed by atoms with E-state index >= 15 is 0 Å². The van der Waals surface area contributed by atoms with E-state index in [9.17, 15) is 0 Å². The van der Waals surface area contributed by atoms with Gasteiger partial charge in [-0.3, -0.25) is 0 Å². The number of allylic oxidation sites excluding steroid dienone is 1. The van der Waals surface area contributed by atoms with Gasteiger partial charge in [0.25, 0.3) is 0 Å². The Labute approximate surface area is 108 Å². The molecule has 0 N–H and O–H groups in total. The molecular formula is C17H30. The topological polar surface area (TPSA) is 0 Å². The Balaban J connectivity index is 2.07. The third-order valence-electron chi connectivity index (χ3n) is 5.80. The van der Waals surface area contributed by atoms with Gasteiger partial charge in [-0.15, -0.1) is 6.58 Å². The van der Waals surface area contributed by atoms with Crippen molar-refractivity contribution >= 4 is 0 Å². The van der Waals surface area contributed by atoms with E-state index in [-0.39, 0.29) is 0 Å². The van der Waals surface area contributed by atoms with Crippen LogP contribution in [0.25, 0.3) is 0 Å². The Bertz CT molecular complexity index is 278. The molecule has 0 aromatic rings. The monoisotopic (exact) mass is 234 g/mol. The summed E-state index contributed by atoms with van der Waals surface area (Å²) in [5.74, 6) is 4.85. The second-order valence-corrected chi connectivity index (χ2v) is 6.88. The molecule has 2 fully saturated rings. The Morgan fingerprint density at radius 3 is 2.41 bits per heavy atom. The normalized spacial score (nSPS) is 38.2. The maximum atomic E-state index is 3.96. The lowest BCUT2D eigenvalue weighted by molar-refractivity contribution is 0.0346. The molecule has 2 rings (SSSR count). The molecule has 0 spiro atoms. The van der Waals surface area contributed by atoms with Crippen molar-refractivity contribution in [3.8, 4) is 0 Å². The first-order chi connectivity index (χ1) is 8.10. The molecule has 2 saturated carbocycles. The van der Waals surface area contributed by atoms with Crippen LogP contribution in [0.4, 0.5) is 0 Å². The third kappa shape index (κ3) is 1.98. The second kappa shape index (κ2) is 4.78. The summed E-state index contributed by atoms with van der Waals surface area (Å²) >= 11 is 0. The highest BCUT2D eigenvalue weighted by molar-refractivity contribution is 5.18. The molecule has 0 heteroatoms. The van der Waals surface area contributed by atoms with Gasteiger partial charge < -0.3 is 0 Å². The Morgan fingerprint density at radius 1 is 1.29 bits per heavy atom. The quantitative estimate of drug-likeness (QED) is 0.525. The number of hydrogen-bond acceptors (Lipinski definition) is 0. The lowest BCUT2D eigenvalue weighted by Crippen LogP contribution is -2.39. The molecule has 0 saturated heterocycles. The van der Waals surface area contributed by atoms with Crippen LogP contribution in [-0.2, 0) is 0 Å². The van der Waals surface area contributed by atoms with Gasteiger partial charge in [-0.05, 0) is 54.3 Å². The summed E-state index contributed by atoms with van der Waals surface area (Å²) in [5, 5.41) is 0. The largest absolute Gasteiger partial charge is 0.103 e. The Morgan fingerprint density at radius 2 is 2.00 bits per heavy atom. The first-order valence-electron chi connectivity index (χ1n) is 7.71. The van der Waals surface area contributed by atoms with E-state index in [1.54, 1.807) is 6.42 Å². The number of rotatable bonds is 7. The average Bonchev–Trinajstić information content (AvgIpc) is 2.85. The van der Waals surface area contributed by atoms with Gasteiger partial charge in [0.05, 0.1) is 0 Å². The molecule has 5 atom stereocenters. The van der Waals surface area contributed by atoms with Gasteiger partial charge in [0.2, 0.25) is 0 Å². The summed E-state index contributed by atoms with van der Waals surface area (Å²) in [4.78, 5) is 0. The molecule has 0 aromatic heterocycles. The highest BCUT2D eigenvalue weighted by atomic mass is 14.7. The number of hydrogen-bond donors (Lipinski definition) is 0. The van der Waals surface area contributed by atoms with Crippen LogP contribution in [0.3, 0.4) is 0 Å². The lowest BCUT2D eigenvalue weighted by Gasteiger charge is -2.45. The van der Waals surface area contributed by atoms with E-state index in [0.717, 1.165) is 35.0 Å². The first kappa shape index (κ1) is 13.2. The van der Waals surface area contributed by atoms with E-state index in [1.165, 1.54) is 25.7 Å². The molecule has 0 aliphatic heterocycles. The van der Waals surface area contributed by atoms with Crippen LogP contribution in [-0.4, -0.2) is 0 Å². The highest BCUT2D eigenvalue weighted by Gasteiger charge is 2.69. The summed E-state index contributed by atoms with van der Waals surface area (Å²) in [6.45, 7) is 13.6. The van der Waals surface area contributed by atoms with Crippen molar-refractivity contribution < 1.29 is 0 Å². The van der Waals surface area contributed by atoms with Crippen molar-refractivity contribution in [2.24, 2.45) is 35.0 Å². The van der Waals surface area contributed by atoms with Gasteiger partial charge in [-0.1, -0.05) is 46.6 Å². The Kier molecular flexibility index (Phi) is 3.71. The minimum absolute atomic E-state index is 0.776. The maximum Gasteiger partial charge on any atom is -0.0227 e. The fraction of sp³-hybridized carbons (Fsp3) is 0.882. The van der Waals surface area contributed by atoms with E-state index in [1.807, 2.05) is 0 Å². The SMILES string of the molecule is C=CCC(CC)C(C(C)C)C12CC(CC)C1C2. The van der Waals surface area contributed by atoms with E-state index in [4.69, 9.17) is 0 Å². The smallest absolute Gasteiger partial charge is 0.0227 e. The van der Waals surface area contributed by atoms with Crippen LogP contribution in [0.1, 0.15) is 59.8 Å². The predicted molar refractivity (Wildman–Crippen MR) is 75.9 cm³/mol. The molecule has 5 unspecified atom stereocenters. The van der Waals surface area contributed by atoms with Crippen LogP contribution in [0, 0.1) is 35.0 Å². The van der Waals surface area contributed by atoms with Crippen molar-refractivity contribution in [2.45, 2.75) is 59.8 Å². The van der Waals surface area contributed by atoms with Gasteiger partial charge in [0, 0.05) is 0 Å². The molecule has 0 heterocycles. The van der Waals surface area contributed by atoms with Crippen LogP contribution in [0.15, 0.2) is 12.7 Å². The summed E-state index contributed by atoms with van der Waals surface area (Å²) in [5.41, 5.74) is 0.776. The van der Waals surface area contributed by atoms with Crippen molar-refractivity contribution in [2.75, 3.05) is 0 Å². The molecule has 0 nitrogen and oxygen atoms in total. The van der Waals surface area contributed by atoms with E-state index in [0.29, 0.717) is 0 Å². The van der Waals surface area contributed by atoms with Crippen molar-refractivity contribution in [3.05, 3.63) is 12.7 Å². The van der Waals surface area contributed by atoms with E-state index < -0.39 is 0 Å². The van der Waals surface area contributed by atoms with Gasteiger partial charge in [-0.25, -0.2) is 0 Å². The zero-order valence-electron chi connectivity index (χ0n) is 12.2. The van der Waals surface area contributed by atoms with Crippen LogP contribution in [0.5, 0.6) is 0 Å². The van der Waals surface area contributed by atoms with Crippen molar-refractivity contribution in [1.82, 2.24) is 0 Å². The molecular weight excluding hydrogens is 204 g/mol. The highest BCUT2D eigenvalue weighted by Crippen LogP contribution is 2.77. The zero-order valence-corrected chi connectivity index (χ0v) is 12.2. The molecule has 0 radical (unpaired) electrons. The summed E-state index contributed by atoms with van der Waals surface area (Å²) in [6, 6.07) is 0. The van der Waals surface area contributed by atoms with Gasteiger partial charge in [0.15, 0.2) is 0 Å². The summed E-state index contributed by atoms with van der Waals surface area (Å²) < 4.78 is 0. The number of fused-ring (bicyclic) bond motifs is 1. The van der Waals surface area contributed by atoms with Crippen molar-refractivity contribution in [3.63, 3.8) is 0 Å². The molecule has 0 aromatic carbocycles. The summed E-state index contributed by atoms with van der Waals surface area (Å²) in [7, 11) is 0. The van der Waals surface area contributed by atoms with Crippen LogP contribution < -0.4 is 0 Å². The third-order valence-corrected chi connectivity index (χ3v) is 5.80. The predicted octanol–water partition coefficient (Wildman–Crippen LogP) is 5.30. The molecule has 2 aliphatic rings. The molecule has 0 bridgehead atoms. The molecule has 17 heavy (non-hydrogen) atoms. The van der Waals surface area contributed by atoms with Crippen LogP contribution in [0.2, 0.25) is 0 Å². The maximum absolute atomic E-state index is 3.96. The lowest BCUT2D eigenvalue weighted by atomic mass is 9.59. The van der Waals surface area contributed by atoms with Crippen molar-refractivity contribution in [1.29, 1.82) is 0 Å². The first-order valence-corrected chi connectivity index (χ1v) is 7.71. The minimum atomic E-state index is 0.776. The fourth-order valence-electron chi connectivity index (χ4n) is 5.10. The van der Waals surface area contributed by atoms with Crippen LogP contribution >= 0.6 is 0 Å². The molecule has 0 amide bonds. The molecule has 2 aliphatic carbocycles.